The number of nitrogens with zero attached hydrogens (tertiary/aromatic N) is 1. The quantitative estimate of drug-likeness (QED) is 0.657. The Labute approximate surface area is 135 Å². The van der Waals surface area contributed by atoms with Crippen LogP contribution in [-0.4, -0.2) is 55.1 Å². The van der Waals surface area contributed by atoms with Crippen LogP contribution in [0.25, 0.3) is 0 Å². The number of halogens is 1. The van der Waals surface area contributed by atoms with Crippen molar-refractivity contribution in [3.63, 3.8) is 0 Å². The molecule has 3 rings (SSSR count). The Bertz CT molecular complexity index is 488. The molecule has 1 saturated heterocycles. The van der Waals surface area contributed by atoms with Crippen molar-refractivity contribution < 1.29 is 14.3 Å². The Hall–Kier alpha value is -1.15. The summed E-state index contributed by atoms with van der Waals surface area (Å²) in [6.07, 6.45) is 2.89. The van der Waals surface area contributed by atoms with E-state index in [1.807, 2.05) is 0 Å². The van der Waals surface area contributed by atoms with Gasteiger partial charge in [0.15, 0.2) is 5.69 Å². The lowest BCUT2D eigenvalue weighted by Gasteiger charge is -2.13. The molecule has 2 aliphatic rings. The molecule has 124 valence electrons. The van der Waals surface area contributed by atoms with Crippen molar-refractivity contribution in [3.05, 3.63) is 17.0 Å². The van der Waals surface area contributed by atoms with Crippen molar-refractivity contribution in [2.24, 2.45) is 0 Å². The maximum atomic E-state index is 12.1. The monoisotopic (exact) mass is 330 g/mol. The smallest absolute Gasteiger partial charge is 0.272 e. The molecule has 8 heteroatoms. The van der Waals surface area contributed by atoms with E-state index in [9.17, 15) is 4.79 Å². The van der Waals surface area contributed by atoms with E-state index in [1.165, 1.54) is 0 Å². The van der Waals surface area contributed by atoms with E-state index in [2.05, 4.69) is 20.8 Å². The third-order valence-corrected chi connectivity index (χ3v) is 3.87. The lowest BCUT2D eigenvalue weighted by Crippen LogP contribution is -2.29. The standard InChI is InChI=1S/C14H22N4O3.ClH/c19-14(13-11-8-15-5-2-12(11)17-18-13)16-4-1-6-21-10-3-7-20-9-10;/h10,15H,1-9H2,(H,16,19)(H,17,18);1H. The first-order valence-corrected chi connectivity index (χ1v) is 7.59. The van der Waals surface area contributed by atoms with E-state index in [1.54, 1.807) is 0 Å². The van der Waals surface area contributed by atoms with Crippen molar-refractivity contribution in [2.75, 3.05) is 32.9 Å². The maximum absolute atomic E-state index is 12.1. The number of carbonyl (C=O) groups excluding carboxylic acids is 1. The molecule has 22 heavy (non-hydrogen) atoms. The number of H-pyrrole nitrogens is 1. The molecule has 1 amide bonds. The fourth-order valence-electron chi connectivity index (χ4n) is 2.67. The minimum Gasteiger partial charge on any atom is -0.379 e. The van der Waals surface area contributed by atoms with Gasteiger partial charge in [0.2, 0.25) is 0 Å². The number of hydrogen-bond donors (Lipinski definition) is 3. The van der Waals surface area contributed by atoms with E-state index in [4.69, 9.17) is 9.47 Å². The molecule has 7 nitrogen and oxygen atoms in total. The summed E-state index contributed by atoms with van der Waals surface area (Å²) in [5.74, 6) is -0.111. The largest absolute Gasteiger partial charge is 0.379 e. The van der Waals surface area contributed by atoms with E-state index in [0.717, 1.165) is 43.7 Å². The van der Waals surface area contributed by atoms with E-state index in [-0.39, 0.29) is 24.4 Å². The van der Waals surface area contributed by atoms with Gasteiger partial charge >= 0.3 is 0 Å². The van der Waals surface area contributed by atoms with Gasteiger partial charge in [-0.25, -0.2) is 0 Å². The number of hydrogen-bond acceptors (Lipinski definition) is 5. The number of amides is 1. The van der Waals surface area contributed by atoms with E-state index in [0.29, 0.717) is 32.0 Å². The molecule has 1 aromatic heterocycles. The van der Waals surface area contributed by atoms with Gasteiger partial charge in [0.1, 0.15) is 0 Å². The molecule has 2 aliphatic heterocycles. The lowest BCUT2D eigenvalue weighted by molar-refractivity contribution is 0.0415. The highest BCUT2D eigenvalue weighted by atomic mass is 35.5. The fourth-order valence-corrected chi connectivity index (χ4v) is 2.67. The summed E-state index contributed by atoms with van der Waals surface area (Å²) in [4.78, 5) is 12.1. The number of carbonyl (C=O) groups is 1. The van der Waals surface area contributed by atoms with Crippen molar-refractivity contribution in [1.29, 1.82) is 0 Å². The number of nitrogens with one attached hydrogen (secondary N) is 3. The van der Waals surface area contributed by atoms with Gasteiger partial charge < -0.3 is 20.1 Å². The first-order chi connectivity index (χ1) is 10.3. The Kier molecular flexibility index (Phi) is 6.63. The van der Waals surface area contributed by atoms with Gasteiger partial charge in [-0.3, -0.25) is 9.89 Å². The zero-order valence-corrected chi connectivity index (χ0v) is 13.3. The van der Waals surface area contributed by atoms with Crippen LogP contribution in [0.15, 0.2) is 0 Å². The Balaban J connectivity index is 0.00000176. The normalized spacial score (nSPS) is 20.3. The summed E-state index contributed by atoms with van der Waals surface area (Å²) in [6.45, 7) is 4.37. The van der Waals surface area contributed by atoms with E-state index < -0.39 is 0 Å². The van der Waals surface area contributed by atoms with Gasteiger partial charge in [-0.15, -0.1) is 12.4 Å². The molecule has 0 spiro atoms. The third-order valence-electron chi connectivity index (χ3n) is 3.87. The molecule has 1 unspecified atom stereocenters. The van der Waals surface area contributed by atoms with Crippen LogP contribution in [0.4, 0.5) is 0 Å². The van der Waals surface area contributed by atoms with Crippen LogP contribution in [0.5, 0.6) is 0 Å². The van der Waals surface area contributed by atoms with E-state index >= 15 is 0 Å². The molecule has 3 N–H and O–H groups in total. The summed E-state index contributed by atoms with van der Waals surface area (Å²) >= 11 is 0. The van der Waals surface area contributed by atoms with Crippen molar-refractivity contribution >= 4 is 18.3 Å². The molecule has 1 fully saturated rings. The zero-order chi connectivity index (χ0) is 14.5. The highest BCUT2D eigenvalue weighted by Crippen LogP contribution is 2.15. The second kappa shape index (κ2) is 8.47. The molecule has 1 aromatic rings. The average molecular weight is 331 g/mol. The first kappa shape index (κ1) is 17.2. The van der Waals surface area contributed by atoms with Crippen molar-refractivity contribution in [3.8, 4) is 0 Å². The van der Waals surface area contributed by atoms with Gasteiger partial charge in [0.25, 0.3) is 5.91 Å². The molecule has 0 aliphatic carbocycles. The average Bonchev–Trinajstić information content (AvgIpc) is 3.16. The number of rotatable bonds is 6. The maximum Gasteiger partial charge on any atom is 0.272 e. The van der Waals surface area contributed by atoms with Crippen molar-refractivity contribution in [2.45, 2.75) is 31.9 Å². The molecule has 0 bridgehead atoms. The molecular formula is C14H23ClN4O3. The second-order valence-electron chi connectivity index (χ2n) is 5.42. The summed E-state index contributed by atoms with van der Waals surface area (Å²) in [6, 6.07) is 0. The topological polar surface area (TPSA) is 88.3 Å². The summed E-state index contributed by atoms with van der Waals surface area (Å²) in [5, 5.41) is 13.2. The number of fused-ring (bicyclic) bond motifs is 1. The number of aromatic amines is 1. The Morgan fingerprint density at radius 1 is 1.50 bits per heavy atom. The Morgan fingerprint density at radius 3 is 3.23 bits per heavy atom. The molecule has 1 atom stereocenters. The predicted octanol–water partition coefficient (Wildman–Crippen LogP) is 0.403. The molecular weight excluding hydrogens is 308 g/mol. The van der Waals surface area contributed by atoms with Crippen LogP contribution in [0.3, 0.4) is 0 Å². The zero-order valence-electron chi connectivity index (χ0n) is 12.5. The number of ether oxygens (including phenoxy) is 2. The summed E-state index contributed by atoms with van der Waals surface area (Å²) in [5.41, 5.74) is 2.59. The summed E-state index contributed by atoms with van der Waals surface area (Å²) in [7, 11) is 0. The van der Waals surface area contributed by atoms with Gasteiger partial charge in [0, 0.05) is 50.5 Å². The van der Waals surface area contributed by atoms with Gasteiger partial charge in [-0.2, -0.15) is 5.10 Å². The van der Waals surface area contributed by atoms with Gasteiger partial charge in [0.05, 0.1) is 12.7 Å². The fraction of sp³-hybridized carbons (Fsp3) is 0.714. The Morgan fingerprint density at radius 2 is 2.41 bits per heavy atom. The van der Waals surface area contributed by atoms with Gasteiger partial charge in [-0.05, 0) is 12.8 Å². The minimum atomic E-state index is -0.111. The summed E-state index contributed by atoms with van der Waals surface area (Å²) < 4.78 is 10.9. The molecule has 0 saturated carbocycles. The minimum absolute atomic E-state index is 0. The van der Waals surface area contributed by atoms with Crippen LogP contribution >= 0.6 is 12.4 Å². The second-order valence-corrected chi connectivity index (χ2v) is 5.42. The third kappa shape index (κ3) is 4.19. The first-order valence-electron chi connectivity index (χ1n) is 7.59. The van der Waals surface area contributed by atoms with Crippen molar-refractivity contribution in [1.82, 2.24) is 20.8 Å². The van der Waals surface area contributed by atoms with Crippen LogP contribution in [-0.2, 0) is 22.4 Å². The van der Waals surface area contributed by atoms with Crippen LogP contribution in [0.2, 0.25) is 0 Å². The molecule has 0 radical (unpaired) electrons. The number of aromatic nitrogens is 2. The van der Waals surface area contributed by atoms with Crippen LogP contribution in [0, 0.1) is 0 Å². The van der Waals surface area contributed by atoms with Crippen LogP contribution < -0.4 is 10.6 Å². The van der Waals surface area contributed by atoms with Crippen LogP contribution in [0.1, 0.15) is 34.6 Å². The van der Waals surface area contributed by atoms with Gasteiger partial charge in [-0.1, -0.05) is 0 Å². The highest BCUT2D eigenvalue weighted by Gasteiger charge is 2.21. The molecule has 3 heterocycles. The SMILES string of the molecule is Cl.O=C(NCCCOC1CCOC1)c1n[nH]c2c1CNCC2. The highest BCUT2D eigenvalue weighted by molar-refractivity contribution is 5.94. The predicted molar refractivity (Wildman–Crippen MR) is 83.4 cm³/mol. The lowest BCUT2D eigenvalue weighted by atomic mass is 10.1. The molecule has 0 aromatic carbocycles.